The summed E-state index contributed by atoms with van der Waals surface area (Å²) in [6, 6.07) is 20.6. The highest BCUT2D eigenvalue weighted by Gasteiger charge is 2.34. The summed E-state index contributed by atoms with van der Waals surface area (Å²) in [5.41, 5.74) is 3.43. The standard InChI is InChI=1S/C27H25NO5/c1-17-14-23-24(7-5-9-26(23)32-18(2)29)28(17)27(30)19-10-12-21(13-11-19)31-16-22-15-20-6-3-4-8-25(20)33-22/h3-13,17,22H,14-16H2,1-2H3/t17?,22-/m1/s1. The number of benzene rings is 3. The van der Waals surface area contributed by atoms with E-state index in [-0.39, 0.29) is 24.0 Å². The number of amides is 1. The van der Waals surface area contributed by atoms with E-state index in [1.807, 2.05) is 43.3 Å². The molecule has 5 rings (SSSR count). The molecule has 0 N–H and O–H groups in total. The zero-order valence-electron chi connectivity index (χ0n) is 18.6. The third-order valence-corrected chi connectivity index (χ3v) is 6.03. The molecule has 0 radical (unpaired) electrons. The second-order valence-electron chi connectivity index (χ2n) is 8.46. The van der Waals surface area contributed by atoms with Gasteiger partial charge in [0.1, 0.15) is 30.0 Å². The average Bonchev–Trinajstić information content (AvgIpc) is 3.38. The van der Waals surface area contributed by atoms with E-state index in [2.05, 4.69) is 6.07 Å². The van der Waals surface area contributed by atoms with Crippen LogP contribution >= 0.6 is 0 Å². The minimum absolute atomic E-state index is 0.0166. The fourth-order valence-corrected chi connectivity index (χ4v) is 4.54. The Morgan fingerprint density at radius 2 is 1.79 bits per heavy atom. The highest BCUT2D eigenvalue weighted by Crippen LogP contribution is 2.39. The summed E-state index contributed by atoms with van der Waals surface area (Å²) in [5, 5.41) is 0. The van der Waals surface area contributed by atoms with Crippen molar-refractivity contribution in [1.29, 1.82) is 0 Å². The van der Waals surface area contributed by atoms with Gasteiger partial charge >= 0.3 is 5.97 Å². The second-order valence-corrected chi connectivity index (χ2v) is 8.46. The molecule has 2 aliphatic rings. The summed E-state index contributed by atoms with van der Waals surface area (Å²) in [5.74, 6) is 1.66. The first-order valence-corrected chi connectivity index (χ1v) is 11.1. The Kier molecular flexibility index (Phi) is 5.50. The minimum Gasteiger partial charge on any atom is -0.490 e. The molecule has 0 spiro atoms. The van der Waals surface area contributed by atoms with Gasteiger partial charge in [0, 0.05) is 30.5 Å². The first kappa shape index (κ1) is 21.1. The summed E-state index contributed by atoms with van der Waals surface area (Å²) >= 11 is 0. The molecule has 2 atom stereocenters. The summed E-state index contributed by atoms with van der Waals surface area (Å²) < 4.78 is 17.2. The third kappa shape index (κ3) is 4.16. The Bertz CT molecular complexity index is 1180. The number of esters is 1. The number of ether oxygens (including phenoxy) is 3. The maximum absolute atomic E-state index is 13.3. The maximum Gasteiger partial charge on any atom is 0.308 e. The van der Waals surface area contributed by atoms with Crippen molar-refractivity contribution < 1.29 is 23.8 Å². The molecule has 0 bridgehead atoms. The van der Waals surface area contributed by atoms with E-state index in [4.69, 9.17) is 14.2 Å². The number of para-hydroxylation sites is 1. The Labute approximate surface area is 192 Å². The van der Waals surface area contributed by atoms with Crippen molar-refractivity contribution in [3.05, 3.63) is 83.4 Å². The van der Waals surface area contributed by atoms with Gasteiger partial charge in [-0.15, -0.1) is 0 Å². The first-order valence-electron chi connectivity index (χ1n) is 11.1. The van der Waals surface area contributed by atoms with E-state index in [1.165, 1.54) is 12.5 Å². The van der Waals surface area contributed by atoms with Crippen LogP contribution in [0.25, 0.3) is 0 Å². The second kappa shape index (κ2) is 8.62. The van der Waals surface area contributed by atoms with E-state index in [1.54, 1.807) is 29.2 Å². The van der Waals surface area contributed by atoms with Crippen molar-refractivity contribution in [3.8, 4) is 17.2 Å². The summed E-state index contributed by atoms with van der Waals surface area (Å²) in [4.78, 5) is 26.5. The van der Waals surface area contributed by atoms with E-state index in [0.29, 0.717) is 30.1 Å². The van der Waals surface area contributed by atoms with Gasteiger partial charge in [-0.25, -0.2) is 0 Å². The lowest BCUT2D eigenvalue weighted by Gasteiger charge is -2.23. The monoisotopic (exact) mass is 443 g/mol. The molecule has 0 aromatic heterocycles. The van der Waals surface area contributed by atoms with Crippen molar-refractivity contribution in [1.82, 2.24) is 0 Å². The van der Waals surface area contributed by atoms with Gasteiger partial charge < -0.3 is 19.1 Å². The number of carbonyl (C=O) groups excluding carboxylic acids is 2. The molecule has 3 aromatic rings. The lowest BCUT2D eigenvalue weighted by atomic mass is 10.1. The molecular formula is C27H25NO5. The zero-order chi connectivity index (χ0) is 22.9. The van der Waals surface area contributed by atoms with Crippen LogP contribution in [0.4, 0.5) is 5.69 Å². The highest BCUT2D eigenvalue weighted by molar-refractivity contribution is 6.08. The molecule has 33 heavy (non-hydrogen) atoms. The predicted molar refractivity (Wildman–Crippen MR) is 124 cm³/mol. The van der Waals surface area contributed by atoms with Crippen molar-refractivity contribution in [3.63, 3.8) is 0 Å². The number of nitrogens with zero attached hydrogens (tertiary/aromatic N) is 1. The molecule has 168 valence electrons. The molecule has 6 nitrogen and oxygen atoms in total. The van der Waals surface area contributed by atoms with Crippen LogP contribution in [-0.2, 0) is 17.6 Å². The maximum atomic E-state index is 13.3. The van der Waals surface area contributed by atoms with Gasteiger partial charge in [0.25, 0.3) is 5.91 Å². The van der Waals surface area contributed by atoms with Crippen LogP contribution in [-0.4, -0.2) is 30.6 Å². The third-order valence-electron chi connectivity index (χ3n) is 6.03. The van der Waals surface area contributed by atoms with Crippen LogP contribution in [0, 0.1) is 0 Å². The quantitative estimate of drug-likeness (QED) is 0.426. The number of hydrogen-bond acceptors (Lipinski definition) is 5. The van der Waals surface area contributed by atoms with Crippen molar-refractivity contribution in [2.75, 3.05) is 11.5 Å². The predicted octanol–water partition coefficient (Wildman–Crippen LogP) is 4.59. The van der Waals surface area contributed by atoms with Crippen molar-refractivity contribution >= 4 is 17.6 Å². The highest BCUT2D eigenvalue weighted by atomic mass is 16.5. The van der Waals surface area contributed by atoms with E-state index >= 15 is 0 Å². The number of carbonyl (C=O) groups is 2. The molecule has 1 unspecified atom stereocenters. The number of hydrogen-bond donors (Lipinski definition) is 0. The van der Waals surface area contributed by atoms with Gasteiger partial charge in [-0.1, -0.05) is 24.3 Å². The SMILES string of the molecule is CC(=O)Oc1cccc2c1CC(C)N2C(=O)c1ccc(OC[C@H]2Cc3ccccc3O2)cc1. The van der Waals surface area contributed by atoms with Gasteiger partial charge in [0.2, 0.25) is 0 Å². The first-order chi connectivity index (χ1) is 16.0. The van der Waals surface area contributed by atoms with Gasteiger partial charge in [-0.3, -0.25) is 9.59 Å². The van der Waals surface area contributed by atoms with E-state index in [0.717, 1.165) is 23.4 Å². The molecule has 0 saturated heterocycles. The Morgan fingerprint density at radius 3 is 2.55 bits per heavy atom. The minimum atomic E-state index is -0.372. The van der Waals surface area contributed by atoms with Crippen molar-refractivity contribution in [2.24, 2.45) is 0 Å². The van der Waals surface area contributed by atoms with Crippen LogP contribution in [0.15, 0.2) is 66.7 Å². The molecule has 1 amide bonds. The Balaban J connectivity index is 1.26. The molecule has 3 aromatic carbocycles. The van der Waals surface area contributed by atoms with Crippen LogP contribution in [0.5, 0.6) is 17.2 Å². The number of rotatable bonds is 5. The van der Waals surface area contributed by atoms with Crippen molar-refractivity contribution in [2.45, 2.75) is 38.8 Å². The van der Waals surface area contributed by atoms with E-state index in [9.17, 15) is 9.59 Å². The normalized spacial score (nSPS) is 18.3. The fourth-order valence-electron chi connectivity index (χ4n) is 4.54. The van der Waals surface area contributed by atoms with Gasteiger partial charge in [-0.2, -0.15) is 0 Å². The van der Waals surface area contributed by atoms with Gasteiger partial charge in [0.05, 0.1) is 5.69 Å². The molecule has 0 fully saturated rings. The lowest BCUT2D eigenvalue weighted by molar-refractivity contribution is -0.131. The summed E-state index contributed by atoms with van der Waals surface area (Å²) in [6.45, 7) is 3.81. The molecular weight excluding hydrogens is 418 g/mol. The molecule has 0 saturated carbocycles. The Hall–Kier alpha value is -3.80. The lowest BCUT2D eigenvalue weighted by Crippen LogP contribution is -2.35. The average molecular weight is 443 g/mol. The number of fused-ring (bicyclic) bond motifs is 2. The van der Waals surface area contributed by atoms with Gasteiger partial charge in [-0.05, 0) is 61.4 Å². The van der Waals surface area contributed by atoms with Crippen LogP contribution in [0.2, 0.25) is 0 Å². The molecule has 2 heterocycles. The zero-order valence-corrected chi connectivity index (χ0v) is 18.6. The summed E-state index contributed by atoms with van der Waals surface area (Å²) in [6.07, 6.45) is 1.45. The van der Waals surface area contributed by atoms with Crippen LogP contribution < -0.4 is 19.1 Å². The number of anilines is 1. The smallest absolute Gasteiger partial charge is 0.308 e. The van der Waals surface area contributed by atoms with Gasteiger partial charge in [0.15, 0.2) is 0 Å². The molecule has 2 aliphatic heterocycles. The van der Waals surface area contributed by atoms with E-state index < -0.39 is 0 Å². The topological polar surface area (TPSA) is 65.1 Å². The largest absolute Gasteiger partial charge is 0.490 e. The molecule has 0 aliphatic carbocycles. The Morgan fingerprint density at radius 1 is 1.00 bits per heavy atom. The van der Waals surface area contributed by atoms with Crippen LogP contribution in [0.1, 0.15) is 35.3 Å². The summed E-state index contributed by atoms with van der Waals surface area (Å²) in [7, 11) is 0. The molecule has 6 heteroatoms. The fraction of sp³-hybridized carbons (Fsp3) is 0.259. The van der Waals surface area contributed by atoms with Crippen LogP contribution in [0.3, 0.4) is 0 Å².